The van der Waals surface area contributed by atoms with E-state index in [1.54, 1.807) is 19.2 Å². The molecule has 1 aromatic rings. The average Bonchev–Trinajstić information content (AvgIpc) is 2.17. The topological polar surface area (TPSA) is 43.4 Å². The van der Waals surface area contributed by atoms with Gasteiger partial charge in [-0.15, -0.1) is 0 Å². The first kappa shape index (κ1) is 11.4. The second kappa shape index (κ2) is 5.29. The van der Waals surface area contributed by atoms with Crippen molar-refractivity contribution in [2.75, 3.05) is 7.11 Å². The quantitative estimate of drug-likeness (QED) is 0.690. The number of ketones is 2. The second-order valence-corrected chi connectivity index (χ2v) is 3.44. The molecule has 0 amide bonds. The van der Waals surface area contributed by atoms with Crippen LogP contribution in [0.15, 0.2) is 24.3 Å². The van der Waals surface area contributed by atoms with Gasteiger partial charge in [-0.2, -0.15) is 0 Å². The Kier molecular flexibility index (Phi) is 4.03. The van der Waals surface area contributed by atoms with E-state index < -0.39 is 0 Å². The highest BCUT2D eigenvalue weighted by Crippen LogP contribution is 2.12. The lowest BCUT2D eigenvalue weighted by Crippen LogP contribution is -2.07. The van der Waals surface area contributed by atoms with Gasteiger partial charge in [0.25, 0.3) is 0 Å². The third-order valence-electron chi connectivity index (χ3n) is 2.01. The van der Waals surface area contributed by atoms with Gasteiger partial charge < -0.3 is 4.74 Å². The minimum absolute atomic E-state index is 0.0199. The number of rotatable bonds is 5. The van der Waals surface area contributed by atoms with Crippen LogP contribution in [0.5, 0.6) is 5.75 Å². The largest absolute Gasteiger partial charge is 0.497 e. The molecule has 0 spiro atoms. The molecule has 0 saturated carbocycles. The summed E-state index contributed by atoms with van der Waals surface area (Å²) in [5.41, 5.74) is 0.905. The summed E-state index contributed by atoms with van der Waals surface area (Å²) in [6.45, 7) is 1.42. The van der Waals surface area contributed by atoms with Gasteiger partial charge in [0, 0.05) is 6.42 Å². The summed E-state index contributed by atoms with van der Waals surface area (Å²) in [6.07, 6.45) is 0.329. The molecular weight excluding hydrogens is 192 g/mol. The molecule has 0 N–H and O–H groups in total. The molecule has 0 saturated heterocycles. The van der Waals surface area contributed by atoms with Crippen LogP contribution in [0.2, 0.25) is 0 Å². The van der Waals surface area contributed by atoms with E-state index in [2.05, 4.69) is 0 Å². The van der Waals surface area contributed by atoms with E-state index in [-0.39, 0.29) is 18.0 Å². The smallest absolute Gasteiger partial charge is 0.144 e. The van der Waals surface area contributed by atoms with Gasteiger partial charge in [0.05, 0.1) is 13.5 Å². The Balaban J connectivity index is 2.57. The first-order chi connectivity index (χ1) is 7.11. The number of carbonyl (C=O) groups excluding carboxylic acids is 2. The van der Waals surface area contributed by atoms with Crippen molar-refractivity contribution in [3.63, 3.8) is 0 Å². The van der Waals surface area contributed by atoms with Crippen molar-refractivity contribution in [1.29, 1.82) is 0 Å². The lowest BCUT2D eigenvalue weighted by Gasteiger charge is -2.02. The van der Waals surface area contributed by atoms with Crippen LogP contribution in [-0.4, -0.2) is 18.7 Å². The fourth-order valence-electron chi connectivity index (χ4n) is 1.31. The van der Waals surface area contributed by atoms with Gasteiger partial charge in [0.1, 0.15) is 17.3 Å². The molecule has 80 valence electrons. The van der Waals surface area contributed by atoms with Gasteiger partial charge >= 0.3 is 0 Å². The maximum Gasteiger partial charge on any atom is 0.144 e. The SMILES string of the molecule is COc1ccc(CC(=O)CC(C)=O)cc1. The second-order valence-electron chi connectivity index (χ2n) is 3.44. The molecule has 0 aliphatic rings. The minimum atomic E-state index is -0.0893. The number of hydrogen-bond donors (Lipinski definition) is 0. The molecule has 0 heterocycles. The molecule has 3 heteroatoms. The van der Waals surface area contributed by atoms with Gasteiger partial charge in [-0.25, -0.2) is 0 Å². The summed E-state index contributed by atoms with van der Waals surface area (Å²) in [6, 6.07) is 7.26. The average molecular weight is 206 g/mol. The standard InChI is InChI=1S/C12H14O3/c1-9(13)7-11(14)8-10-3-5-12(15-2)6-4-10/h3-6H,7-8H2,1-2H3. The third-order valence-corrected chi connectivity index (χ3v) is 2.01. The Hall–Kier alpha value is -1.64. The van der Waals surface area contributed by atoms with E-state index in [4.69, 9.17) is 4.74 Å². The molecule has 1 rings (SSSR count). The normalized spacial score (nSPS) is 9.73. The number of carbonyl (C=O) groups is 2. The summed E-state index contributed by atoms with van der Waals surface area (Å²) in [5.74, 6) is 0.624. The van der Waals surface area contributed by atoms with Crippen LogP contribution in [0, 0.1) is 0 Å². The van der Waals surface area contributed by atoms with E-state index in [1.165, 1.54) is 6.92 Å². The van der Waals surface area contributed by atoms with Crippen LogP contribution >= 0.6 is 0 Å². The van der Waals surface area contributed by atoms with Crippen molar-refractivity contribution < 1.29 is 14.3 Å². The Labute approximate surface area is 89.1 Å². The molecule has 15 heavy (non-hydrogen) atoms. The molecule has 3 nitrogen and oxygen atoms in total. The molecule has 0 aliphatic heterocycles. The Morgan fingerprint density at radius 2 is 1.80 bits per heavy atom. The first-order valence-electron chi connectivity index (χ1n) is 4.76. The molecule has 0 aliphatic carbocycles. The zero-order valence-corrected chi connectivity index (χ0v) is 8.95. The Morgan fingerprint density at radius 1 is 1.20 bits per heavy atom. The monoisotopic (exact) mass is 206 g/mol. The van der Waals surface area contributed by atoms with Crippen LogP contribution in [0.4, 0.5) is 0 Å². The molecule has 0 aromatic heterocycles. The van der Waals surface area contributed by atoms with Crippen LogP contribution in [0.1, 0.15) is 18.9 Å². The highest BCUT2D eigenvalue weighted by Gasteiger charge is 2.06. The van der Waals surface area contributed by atoms with Crippen molar-refractivity contribution in [2.24, 2.45) is 0 Å². The fourth-order valence-corrected chi connectivity index (χ4v) is 1.31. The molecule has 0 unspecified atom stereocenters. The highest BCUT2D eigenvalue weighted by molar-refractivity contribution is 5.98. The summed E-state index contributed by atoms with van der Waals surface area (Å²) >= 11 is 0. The predicted octanol–water partition coefficient (Wildman–Crippen LogP) is 1.79. The predicted molar refractivity (Wildman–Crippen MR) is 57.0 cm³/mol. The van der Waals surface area contributed by atoms with E-state index in [1.807, 2.05) is 12.1 Å². The van der Waals surface area contributed by atoms with Crippen LogP contribution < -0.4 is 4.74 Å². The van der Waals surface area contributed by atoms with Crippen molar-refractivity contribution in [2.45, 2.75) is 19.8 Å². The number of Topliss-reactive ketones (excluding diaryl/α,β-unsaturated/α-hetero) is 2. The maximum atomic E-state index is 11.3. The summed E-state index contributed by atoms with van der Waals surface area (Å²) in [7, 11) is 1.59. The molecule has 1 aromatic carbocycles. The molecule has 0 fully saturated rings. The van der Waals surface area contributed by atoms with Crippen LogP contribution in [-0.2, 0) is 16.0 Å². The number of benzene rings is 1. The number of ether oxygens (including phenoxy) is 1. The molecule has 0 atom stereocenters. The highest BCUT2D eigenvalue weighted by atomic mass is 16.5. The van der Waals surface area contributed by atoms with E-state index in [0.29, 0.717) is 6.42 Å². The summed E-state index contributed by atoms with van der Waals surface area (Å²) in [4.78, 5) is 22.0. The minimum Gasteiger partial charge on any atom is -0.497 e. The zero-order valence-electron chi connectivity index (χ0n) is 8.95. The zero-order chi connectivity index (χ0) is 11.3. The van der Waals surface area contributed by atoms with Crippen molar-refractivity contribution >= 4 is 11.6 Å². The van der Waals surface area contributed by atoms with Gasteiger partial charge in [0.15, 0.2) is 0 Å². The van der Waals surface area contributed by atoms with Gasteiger partial charge in [-0.3, -0.25) is 9.59 Å². The van der Waals surface area contributed by atoms with Crippen molar-refractivity contribution in [1.82, 2.24) is 0 Å². The Bertz CT molecular complexity index is 352. The lowest BCUT2D eigenvalue weighted by atomic mass is 10.1. The summed E-state index contributed by atoms with van der Waals surface area (Å²) < 4.78 is 5.00. The van der Waals surface area contributed by atoms with E-state index in [0.717, 1.165) is 11.3 Å². The van der Waals surface area contributed by atoms with Crippen molar-refractivity contribution in [3.05, 3.63) is 29.8 Å². The van der Waals surface area contributed by atoms with Crippen LogP contribution in [0.3, 0.4) is 0 Å². The maximum absolute atomic E-state index is 11.3. The first-order valence-corrected chi connectivity index (χ1v) is 4.76. The van der Waals surface area contributed by atoms with Gasteiger partial charge in [0.2, 0.25) is 0 Å². The van der Waals surface area contributed by atoms with Crippen molar-refractivity contribution in [3.8, 4) is 5.75 Å². The van der Waals surface area contributed by atoms with Gasteiger partial charge in [-0.1, -0.05) is 12.1 Å². The molecule has 0 bridgehead atoms. The van der Waals surface area contributed by atoms with E-state index >= 15 is 0 Å². The third kappa shape index (κ3) is 3.94. The van der Waals surface area contributed by atoms with Crippen LogP contribution in [0.25, 0.3) is 0 Å². The van der Waals surface area contributed by atoms with Gasteiger partial charge in [-0.05, 0) is 24.6 Å². The fraction of sp³-hybridized carbons (Fsp3) is 0.333. The summed E-state index contributed by atoms with van der Waals surface area (Å²) in [5, 5.41) is 0. The lowest BCUT2D eigenvalue weighted by molar-refractivity contribution is -0.125. The molecule has 0 radical (unpaired) electrons. The Morgan fingerprint density at radius 3 is 2.27 bits per heavy atom. The molecular formula is C12H14O3. The van der Waals surface area contributed by atoms with E-state index in [9.17, 15) is 9.59 Å². The number of hydrogen-bond acceptors (Lipinski definition) is 3. The number of methoxy groups -OCH3 is 1.